The second kappa shape index (κ2) is 5.72. The monoisotopic (exact) mass is 200 g/mol. The molecule has 0 bridgehead atoms. The van der Waals surface area contributed by atoms with E-state index in [4.69, 9.17) is 9.84 Å². The molecule has 0 amide bonds. The minimum atomic E-state index is -0.353. The second-order valence-electron chi connectivity index (χ2n) is 5.06. The van der Waals surface area contributed by atoms with Crippen LogP contribution in [0.25, 0.3) is 0 Å². The van der Waals surface area contributed by atoms with E-state index in [-0.39, 0.29) is 12.2 Å². The first-order valence-electron chi connectivity index (χ1n) is 5.89. The minimum Gasteiger partial charge on any atom is -0.393 e. The Kier molecular flexibility index (Phi) is 4.90. The molecule has 0 spiro atoms. The van der Waals surface area contributed by atoms with Gasteiger partial charge in [-0.2, -0.15) is 0 Å². The molecule has 14 heavy (non-hydrogen) atoms. The largest absolute Gasteiger partial charge is 0.393 e. The van der Waals surface area contributed by atoms with E-state index in [0.717, 1.165) is 12.5 Å². The van der Waals surface area contributed by atoms with E-state index < -0.39 is 0 Å². The van der Waals surface area contributed by atoms with Crippen molar-refractivity contribution in [1.29, 1.82) is 0 Å². The summed E-state index contributed by atoms with van der Waals surface area (Å²) < 4.78 is 5.63. The van der Waals surface area contributed by atoms with Gasteiger partial charge in [0.15, 0.2) is 0 Å². The number of aliphatic hydroxyl groups is 1. The first-order valence-corrected chi connectivity index (χ1v) is 5.89. The van der Waals surface area contributed by atoms with Crippen LogP contribution < -0.4 is 0 Å². The van der Waals surface area contributed by atoms with Crippen LogP contribution in [0.1, 0.15) is 52.4 Å². The van der Waals surface area contributed by atoms with Crippen LogP contribution in [0, 0.1) is 5.92 Å². The van der Waals surface area contributed by atoms with E-state index in [9.17, 15) is 0 Å². The third-order valence-corrected chi connectivity index (χ3v) is 3.12. The fourth-order valence-electron chi connectivity index (χ4n) is 2.02. The summed E-state index contributed by atoms with van der Waals surface area (Å²) >= 11 is 0. The predicted molar refractivity (Wildman–Crippen MR) is 58.3 cm³/mol. The zero-order valence-corrected chi connectivity index (χ0v) is 9.59. The number of rotatable bonds is 5. The first-order chi connectivity index (χ1) is 6.64. The van der Waals surface area contributed by atoms with Crippen molar-refractivity contribution in [2.75, 3.05) is 13.2 Å². The topological polar surface area (TPSA) is 29.5 Å². The Balaban J connectivity index is 2.08. The van der Waals surface area contributed by atoms with E-state index in [2.05, 4.69) is 0 Å². The van der Waals surface area contributed by atoms with E-state index >= 15 is 0 Å². The molecule has 2 heteroatoms. The maximum Gasteiger partial charge on any atom is 0.0856 e. The SMILES string of the molecule is CC(C)(CO)OCCC1CCCCC1. The van der Waals surface area contributed by atoms with Crippen molar-refractivity contribution in [2.24, 2.45) is 5.92 Å². The zero-order chi connectivity index (χ0) is 10.4. The average Bonchev–Trinajstić information content (AvgIpc) is 2.19. The Morgan fingerprint density at radius 1 is 1.21 bits per heavy atom. The molecule has 1 aliphatic carbocycles. The number of ether oxygens (including phenoxy) is 1. The molecule has 1 aliphatic rings. The number of aliphatic hydroxyl groups excluding tert-OH is 1. The smallest absolute Gasteiger partial charge is 0.0856 e. The molecule has 1 rings (SSSR count). The first kappa shape index (κ1) is 12.0. The molecule has 0 aliphatic heterocycles. The molecule has 0 heterocycles. The van der Waals surface area contributed by atoms with Gasteiger partial charge in [0, 0.05) is 6.61 Å². The number of hydrogen-bond donors (Lipinski definition) is 1. The van der Waals surface area contributed by atoms with E-state index in [0.29, 0.717) is 0 Å². The Hall–Kier alpha value is -0.0800. The fraction of sp³-hybridized carbons (Fsp3) is 1.00. The van der Waals surface area contributed by atoms with Gasteiger partial charge in [-0.3, -0.25) is 0 Å². The van der Waals surface area contributed by atoms with Crippen LogP contribution >= 0.6 is 0 Å². The summed E-state index contributed by atoms with van der Waals surface area (Å²) in [5.41, 5.74) is -0.353. The van der Waals surface area contributed by atoms with Gasteiger partial charge in [0.25, 0.3) is 0 Å². The van der Waals surface area contributed by atoms with Gasteiger partial charge in [0.2, 0.25) is 0 Å². The van der Waals surface area contributed by atoms with Crippen LogP contribution in [-0.4, -0.2) is 23.9 Å². The lowest BCUT2D eigenvalue weighted by molar-refractivity contribution is -0.0585. The van der Waals surface area contributed by atoms with Crippen molar-refractivity contribution < 1.29 is 9.84 Å². The van der Waals surface area contributed by atoms with Gasteiger partial charge in [-0.25, -0.2) is 0 Å². The lowest BCUT2D eigenvalue weighted by Gasteiger charge is -2.26. The van der Waals surface area contributed by atoms with Gasteiger partial charge < -0.3 is 9.84 Å². The molecule has 1 N–H and O–H groups in total. The molecule has 0 aromatic heterocycles. The number of hydrogen-bond acceptors (Lipinski definition) is 2. The van der Waals surface area contributed by atoms with Crippen molar-refractivity contribution in [3.05, 3.63) is 0 Å². The van der Waals surface area contributed by atoms with Gasteiger partial charge in [-0.1, -0.05) is 32.1 Å². The van der Waals surface area contributed by atoms with Gasteiger partial charge in [-0.05, 0) is 26.2 Å². The van der Waals surface area contributed by atoms with Crippen LogP contribution in [0.4, 0.5) is 0 Å². The van der Waals surface area contributed by atoms with Gasteiger partial charge in [-0.15, -0.1) is 0 Å². The van der Waals surface area contributed by atoms with Crippen molar-refractivity contribution in [1.82, 2.24) is 0 Å². The third kappa shape index (κ3) is 4.43. The lowest BCUT2D eigenvalue weighted by atomic mass is 9.87. The molecule has 0 aromatic rings. The Labute approximate surface area is 87.7 Å². The molecule has 1 saturated carbocycles. The summed E-state index contributed by atoms with van der Waals surface area (Å²) in [5, 5.41) is 9.01. The van der Waals surface area contributed by atoms with Crippen LogP contribution in [0.2, 0.25) is 0 Å². The molecule has 0 aromatic carbocycles. The second-order valence-corrected chi connectivity index (χ2v) is 5.06. The molecule has 1 fully saturated rings. The summed E-state index contributed by atoms with van der Waals surface area (Å²) in [6, 6.07) is 0. The molecule has 84 valence electrons. The van der Waals surface area contributed by atoms with Gasteiger partial charge in [0.05, 0.1) is 12.2 Å². The lowest BCUT2D eigenvalue weighted by Crippen LogP contribution is -2.30. The molecular formula is C12H24O2. The summed E-state index contributed by atoms with van der Waals surface area (Å²) in [6.45, 7) is 4.79. The molecule has 0 radical (unpaired) electrons. The third-order valence-electron chi connectivity index (χ3n) is 3.12. The highest BCUT2D eigenvalue weighted by Crippen LogP contribution is 2.26. The highest BCUT2D eigenvalue weighted by Gasteiger charge is 2.18. The van der Waals surface area contributed by atoms with Gasteiger partial charge in [0.1, 0.15) is 0 Å². The molecule has 2 nitrogen and oxygen atoms in total. The molecule has 0 unspecified atom stereocenters. The molecular weight excluding hydrogens is 176 g/mol. The van der Waals surface area contributed by atoms with E-state index in [1.165, 1.54) is 38.5 Å². The van der Waals surface area contributed by atoms with Crippen molar-refractivity contribution in [2.45, 2.75) is 58.0 Å². The van der Waals surface area contributed by atoms with Crippen LogP contribution in [-0.2, 0) is 4.74 Å². The summed E-state index contributed by atoms with van der Waals surface area (Å²) in [6.07, 6.45) is 8.14. The Morgan fingerprint density at radius 3 is 2.43 bits per heavy atom. The van der Waals surface area contributed by atoms with Crippen LogP contribution in [0.5, 0.6) is 0 Å². The Morgan fingerprint density at radius 2 is 1.86 bits per heavy atom. The standard InChI is InChI=1S/C12H24O2/c1-12(2,10-13)14-9-8-11-6-4-3-5-7-11/h11,13H,3-10H2,1-2H3. The quantitative estimate of drug-likeness (QED) is 0.739. The van der Waals surface area contributed by atoms with Crippen LogP contribution in [0.15, 0.2) is 0 Å². The van der Waals surface area contributed by atoms with Crippen molar-refractivity contribution in [3.63, 3.8) is 0 Å². The fourth-order valence-corrected chi connectivity index (χ4v) is 2.02. The molecule has 0 atom stereocenters. The van der Waals surface area contributed by atoms with Crippen molar-refractivity contribution >= 4 is 0 Å². The highest BCUT2D eigenvalue weighted by atomic mass is 16.5. The zero-order valence-electron chi connectivity index (χ0n) is 9.59. The maximum absolute atomic E-state index is 9.01. The van der Waals surface area contributed by atoms with Crippen molar-refractivity contribution in [3.8, 4) is 0 Å². The van der Waals surface area contributed by atoms with E-state index in [1.54, 1.807) is 0 Å². The average molecular weight is 200 g/mol. The minimum absolute atomic E-state index is 0.109. The summed E-state index contributed by atoms with van der Waals surface area (Å²) in [4.78, 5) is 0. The Bertz CT molecular complexity index is 148. The predicted octanol–water partition coefficient (Wildman–Crippen LogP) is 2.74. The van der Waals surface area contributed by atoms with Gasteiger partial charge >= 0.3 is 0 Å². The normalized spacial score (nSPS) is 19.9. The summed E-state index contributed by atoms with van der Waals surface area (Å²) in [7, 11) is 0. The van der Waals surface area contributed by atoms with Crippen LogP contribution in [0.3, 0.4) is 0 Å². The maximum atomic E-state index is 9.01. The highest BCUT2D eigenvalue weighted by molar-refractivity contribution is 4.69. The molecule has 0 saturated heterocycles. The van der Waals surface area contributed by atoms with E-state index in [1.807, 2.05) is 13.8 Å². The summed E-state index contributed by atoms with van der Waals surface area (Å²) in [5.74, 6) is 0.873.